The molecule has 0 aromatic rings. The molecule has 8 heteroatoms. The molecular weight excluding hydrogens is 292 g/mol. The molecule has 20 heavy (non-hydrogen) atoms. The second-order valence-electron chi connectivity index (χ2n) is 3.59. The normalized spacial score (nSPS) is 14.5. The van der Waals surface area contributed by atoms with Crippen LogP contribution in [0.5, 0.6) is 0 Å². The van der Waals surface area contributed by atoms with E-state index in [4.69, 9.17) is 0 Å². The van der Waals surface area contributed by atoms with Gasteiger partial charge in [-0.05, 0) is 40.2 Å². The van der Waals surface area contributed by atoms with Crippen molar-refractivity contribution in [2.24, 2.45) is 20.2 Å². The van der Waals surface area contributed by atoms with Gasteiger partial charge in [0.05, 0.1) is 11.4 Å². The zero-order valence-electron chi connectivity index (χ0n) is 13.0. The van der Waals surface area contributed by atoms with Crippen LogP contribution in [0.3, 0.4) is 0 Å². The molecule has 0 atom stereocenters. The molecule has 0 fully saturated rings. The summed E-state index contributed by atoms with van der Waals surface area (Å²) in [6.45, 7) is 9.23. The van der Waals surface area contributed by atoms with Crippen molar-refractivity contribution in [3.05, 3.63) is 0 Å². The van der Waals surface area contributed by atoms with Gasteiger partial charge in [0, 0.05) is 13.1 Å². The quantitative estimate of drug-likeness (QED) is 0.464. The molecule has 0 aliphatic carbocycles. The van der Waals surface area contributed by atoms with Crippen molar-refractivity contribution in [2.75, 3.05) is 25.6 Å². The van der Waals surface area contributed by atoms with Crippen LogP contribution in [0.25, 0.3) is 0 Å². The molecule has 0 aromatic carbocycles. The smallest absolute Gasteiger partial charge is 0.176 e. The van der Waals surface area contributed by atoms with E-state index >= 15 is 0 Å². The van der Waals surface area contributed by atoms with Crippen LogP contribution >= 0.6 is 23.5 Å². The van der Waals surface area contributed by atoms with Crippen LogP contribution in [0.4, 0.5) is 0 Å². The number of thioether (sulfide) groups is 2. The van der Waals surface area contributed by atoms with Crippen LogP contribution in [0.2, 0.25) is 0 Å². The maximum atomic E-state index is 4.27. The van der Waals surface area contributed by atoms with Crippen molar-refractivity contribution in [1.29, 1.82) is 0 Å². The van der Waals surface area contributed by atoms with E-state index in [1.54, 1.807) is 0 Å². The van der Waals surface area contributed by atoms with E-state index in [-0.39, 0.29) is 0 Å². The highest BCUT2D eigenvalue weighted by atomic mass is 32.2. The fraction of sp³-hybridized carbons (Fsp3) is 0.667. The lowest BCUT2D eigenvalue weighted by Gasteiger charge is -2.05. The molecule has 0 aliphatic rings. The Bertz CT molecular complexity index is 363. The summed E-state index contributed by atoms with van der Waals surface area (Å²) < 4.78 is 0. The molecule has 0 unspecified atom stereocenters. The number of rotatable bonds is 5. The lowest BCUT2D eigenvalue weighted by molar-refractivity contribution is 1.00. The zero-order valence-corrected chi connectivity index (χ0v) is 14.7. The number of amidine groups is 2. The summed E-state index contributed by atoms with van der Waals surface area (Å²) in [4.78, 5) is 8.54. The van der Waals surface area contributed by atoms with E-state index in [0.29, 0.717) is 0 Å². The van der Waals surface area contributed by atoms with E-state index in [9.17, 15) is 0 Å². The topological polar surface area (TPSA) is 73.5 Å². The third kappa shape index (κ3) is 8.21. The minimum absolute atomic E-state index is 0.733. The van der Waals surface area contributed by atoms with Gasteiger partial charge in [-0.3, -0.25) is 20.8 Å². The van der Waals surface area contributed by atoms with Crippen LogP contribution in [0.1, 0.15) is 27.7 Å². The first-order valence-corrected chi connectivity index (χ1v) is 8.81. The first kappa shape index (κ1) is 19.0. The summed E-state index contributed by atoms with van der Waals surface area (Å²) in [6.07, 6.45) is 3.92. The molecule has 0 bridgehead atoms. The van der Waals surface area contributed by atoms with Crippen LogP contribution in [-0.2, 0) is 0 Å². The number of nitrogens with zero attached hydrogens (tertiary/aromatic N) is 4. The average Bonchev–Trinajstić information content (AvgIpc) is 2.46. The molecular formula is C12H24N6S2. The lowest BCUT2D eigenvalue weighted by atomic mass is 10.3. The summed E-state index contributed by atoms with van der Waals surface area (Å²) in [5, 5.41) is 10.1. The van der Waals surface area contributed by atoms with Crippen molar-refractivity contribution in [3.8, 4) is 0 Å². The van der Waals surface area contributed by atoms with E-state index in [2.05, 4.69) is 31.0 Å². The van der Waals surface area contributed by atoms with Crippen molar-refractivity contribution >= 4 is 45.3 Å². The Hall–Kier alpha value is -1.02. The number of hydrogen-bond donors (Lipinski definition) is 2. The van der Waals surface area contributed by atoms with Crippen LogP contribution in [0, 0.1) is 0 Å². The Morgan fingerprint density at radius 3 is 1.40 bits per heavy atom. The summed E-state index contributed by atoms with van der Waals surface area (Å²) in [5.41, 5.74) is 7.47. The van der Waals surface area contributed by atoms with Crippen molar-refractivity contribution in [2.45, 2.75) is 27.7 Å². The average molecular weight is 317 g/mol. The molecule has 2 N–H and O–H groups in total. The molecule has 0 saturated heterocycles. The molecule has 0 heterocycles. The molecule has 0 radical (unpaired) electrons. The molecule has 0 rings (SSSR count). The first-order chi connectivity index (χ1) is 9.58. The Morgan fingerprint density at radius 2 is 1.15 bits per heavy atom. The Labute approximate surface area is 130 Å². The number of nitrogens with one attached hydrogen (secondary N) is 2. The molecule has 0 aromatic heterocycles. The summed E-state index contributed by atoms with van der Waals surface area (Å²) in [6, 6.07) is 0. The number of hydrazone groups is 2. The van der Waals surface area contributed by atoms with Gasteiger partial charge in [0.2, 0.25) is 0 Å². The monoisotopic (exact) mass is 316 g/mol. The summed E-state index contributed by atoms with van der Waals surface area (Å²) in [7, 11) is 0. The van der Waals surface area contributed by atoms with E-state index in [0.717, 1.165) is 34.8 Å². The fourth-order valence-corrected chi connectivity index (χ4v) is 1.79. The Morgan fingerprint density at radius 1 is 0.800 bits per heavy atom. The van der Waals surface area contributed by atoms with E-state index in [1.165, 1.54) is 23.5 Å². The molecule has 0 spiro atoms. The third-order valence-electron chi connectivity index (χ3n) is 2.15. The predicted octanol–water partition coefficient (Wildman–Crippen LogP) is 2.40. The van der Waals surface area contributed by atoms with Crippen LogP contribution < -0.4 is 10.9 Å². The van der Waals surface area contributed by atoms with Gasteiger partial charge < -0.3 is 0 Å². The SMILES string of the molecule is CCN=C(N/N=C(C)/C(C)=N/NC(=NCC)SC)SC. The highest BCUT2D eigenvalue weighted by Crippen LogP contribution is 1.96. The van der Waals surface area contributed by atoms with Crippen LogP contribution in [0.15, 0.2) is 20.2 Å². The second-order valence-corrected chi connectivity index (χ2v) is 5.18. The first-order valence-electron chi connectivity index (χ1n) is 6.36. The highest BCUT2D eigenvalue weighted by Gasteiger charge is 2.00. The lowest BCUT2D eigenvalue weighted by Crippen LogP contribution is -2.22. The molecule has 6 nitrogen and oxygen atoms in total. The van der Waals surface area contributed by atoms with Crippen molar-refractivity contribution in [1.82, 2.24) is 10.9 Å². The van der Waals surface area contributed by atoms with Gasteiger partial charge in [0.15, 0.2) is 10.3 Å². The second kappa shape index (κ2) is 11.8. The molecule has 0 aliphatic heterocycles. The summed E-state index contributed by atoms with van der Waals surface area (Å²) in [5.74, 6) is 0. The van der Waals surface area contributed by atoms with Crippen LogP contribution in [-0.4, -0.2) is 47.4 Å². The Kier molecular flexibility index (Phi) is 11.2. The number of hydrogen-bond acceptors (Lipinski definition) is 6. The molecule has 0 amide bonds. The fourth-order valence-electron chi connectivity index (χ4n) is 1.00. The minimum atomic E-state index is 0.733. The summed E-state index contributed by atoms with van der Waals surface area (Å²) >= 11 is 3.06. The minimum Gasteiger partial charge on any atom is -0.262 e. The van der Waals surface area contributed by atoms with Gasteiger partial charge in [0.1, 0.15) is 0 Å². The van der Waals surface area contributed by atoms with Gasteiger partial charge in [-0.25, -0.2) is 0 Å². The van der Waals surface area contributed by atoms with Gasteiger partial charge >= 0.3 is 0 Å². The maximum Gasteiger partial charge on any atom is 0.176 e. The van der Waals surface area contributed by atoms with E-state index in [1.807, 2.05) is 40.2 Å². The standard InChI is InChI=1S/C12H24N6S2/c1-7-13-11(19-5)17-15-9(3)10(4)16-18-12(20-6)14-8-2/h7-8H2,1-6H3,(H,13,17)(H,14,18)/b15-9+,16-10+. The predicted molar refractivity (Wildman–Crippen MR) is 95.5 cm³/mol. The third-order valence-corrected chi connectivity index (χ3v) is 3.37. The molecule has 114 valence electrons. The van der Waals surface area contributed by atoms with Gasteiger partial charge in [-0.2, -0.15) is 10.2 Å². The maximum absolute atomic E-state index is 4.27. The van der Waals surface area contributed by atoms with Crippen molar-refractivity contribution < 1.29 is 0 Å². The van der Waals surface area contributed by atoms with Gasteiger partial charge in [-0.15, -0.1) is 0 Å². The van der Waals surface area contributed by atoms with Crippen molar-refractivity contribution in [3.63, 3.8) is 0 Å². The molecule has 0 saturated carbocycles. The highest BCUT2D eigenvalue weighted by molar-refractivity contribution is 8.13. The largest absolute Gasteiger partial charge is 0.262 e. The zero-order chi connectivity index (χ0) is 15.4. The van der Waals surface area contributed by atoms with Gasteiger partial charge in [-0.1, -0.05) is 23.5 Å². The van der Waals surface area contributed by atoms with Gasteiger partial charge in [0.25, 0.3) is 0 Å². The van der Waals surface area contributed by atoms with E-state index < -0.39 is 0 Å². The Balaban J connectivity index is 4.63. The number of aliphatic imine (C=N–C) groups is 2.